The molecule has 0 fully saturated rings. The summed E-state index contributed by atoms with van der Waals surface area (Å²) in [4.78, 5) is 37.8. The molecule has 0 aromatic carbocycles. The van der Waals surface area contributed by atoms with Crippen LogP contribution < -0.4 is 5.48 Å². The number of carboxylic acid groups (broad SMARTS) is 4. The number of hydrogen-bond acceptors (Lipinski definition) is 6. The van der Waals surface area contributed by atoms with E-state index in [1.165, 1.54) is 5.48 Å². The quantitative estimate of drug-likeness (QED) is 0.349. The number of hydroxylamine groups is 1. The third kappa shape index (κ3) is 37.2. The number of hydrogen-bond donors (Lipinski definition) is 6. The van der Waals surface area contributed by atoms with Crippen molar-refractivity contribution in [2.24, 2.45) is 0 Å². The molecule has 18 heavy (non-hydrogen) atoms. The molecule has 0 spiro atoms. The fourth-order valence-corrected chi connectivity index (χ4v) is 0.363. The average Bonchev–Trinajstić information content (AvgIpc) is 2.11. The molecule has 0 bridgehead atoms. The van der Waals surface area contributed by atoms with Crippen LogP contribution in [0.1, 0.15) is 20.3 Å². The van der Waals surface area contributed by atoms with Crippen LogP contribution in [0.5, 0.6) is 0 Å². The number of rotatable bonds is 4. The van der Waals surface area contributed by atoms with Gasteiger partial charge in [-0.15, -0.1) is 0 Å². The van der Waals surface area contributed by atoms with Crippen LogP contribution in [0.2, 0.25) is 0 Å². The normalized spacial score (nSPS) is 9.72. The Morgan fingerprint density at radius 1 is 0.944 bits per heavy atom. The molecule has 10 nitrogen and oxygen atoms in total. The molecule has 106 valence electrons. The highest BCUT2D eigenvalue weighted by Gasteiger charge is 2.18. The minimum atomic E-state index is -1.43. The van der Waals surface area contributed by atoms with Crippen molar-refractivity contribution in [3.8, 4) is 0 Å². The number of carboxylic acids is 4. The minimum absolute atomic E-state index is 0.647. The van der Waals surface area contributed by atoms with E-state index in [9.17, 15) is 9.59 Å². The second kappa shape index (κ2) is 12.9. The Bertz CT molecular complexity index is 268. The molecule has 0 aliphatic rings. The lowest BCUT2D eigenvalue weighted by atomic mass is 10.2. The summed E-state index contributed by atoms with van der Waals surface area (Å²) < 4.78 is 0. The topological polar surface area (TPSA) is 181 Å². The van der Waals surface area contributed by atoms with Crippen LogP contribution in [0.15, 0.2) is 0 Å². The van der Waals surface area contributed by atoms with Gasteiger partial charge in [-0.2, -0.15) is 5.48 Å². The van der Waals surface area contributed by atoms with Crippen LogP contribution >= 0.6 is 0 Å². The van der Waals surface area contributed by atoms with Gasteiger partial charge in [0.25, 0.3) is 11.9 Å². The average molecular weight is 269 g/mol. The highest BCUT2D eigenvalue weighted by molar-refractivity contribution is 5.80. The molecule has 0 saturated carbocycles. The third-order valence-electron chi connectivity index (χ3n) is 0.833. The van der Waals surface area contributed by atoms with E-state index in [4.69, 9.17) is 35.2 Å². The predicted octanol–water partition coefficient (Wildman–Crippen LogP) is -0.925. The van der Waals surface area contributed by atoms with Crippen LogP contribution in [-0.4, -0.2) is 55.6 Å². The van der Waals surface area contributed by atoms with Crippen LogP contribution in [0, 0.1) is 0 Å². The summed E-state index contributed by atoms with van der Waals surface area (Å²) in [7, 11) is 0. The zero-order chi connectivity index (χ0) is 15.3. The molecule has 1 atom stereocenters. The van der Waals surface area contributed by atoms with Gasteiger partial charge in [-0.3, -0.25) is 19.2 Å². The lowest BCUT2D eigenvalue weighted by Gasteiger charge is -2.04. The van der Waals surface area contributed by atoms with E-state index in [1.807, 2.05) is 0 Å². The number of carbonyl (C=O) groups is 4. The monoisotopic (exact) mass is 269 g/mol. The van der Waals surface area contributed by atoms with E-state index in [2.05, 4.69) is 0 Å². The summed E-state index contributed by atoms with van der Waals surface area (Å²) in [5.41, 5.74) is 1.35. The first-order chi connectivity index (χ1) is 8.04. The van der Waals surface area contributed by atoms with E-state index in [0.29, 0.717) is 0 Å². The van der Waals surface area contributed by atoms with Crippen LogP contribution in [0.25, 0.3) is 0 Å². The van der Waals surface area contributed by atoms with E-state index < -0.39 is 36.3 Å². The molecule has 0 aliphatic heterocycles. The van der Waals surface area contributed by atoms with E-state index >= 15 is 0 Å². The Labute approximate surface area is 101 Å². The molecular formula is C8H15NO9. The van der Waals surface area contributed by atoms with Gasteiger partial charge in [-0.25, -0.2) is 0 Å². The van der Waals surface area contributed by atoms with Gasteiger partial charge in [-0.1, -0.05) is 0 Å². The highest BCUT2D eigenvalue weighted by atomic mass is 16.5. The summed E-state index contributed by atoms with van der Waals surface area (Å²) >= 11 is 0. The zero-order valence-corrected chi connectivity index (χ0v) is 9.65. The molecule has 1 unspecified atom stereocenters. The van der Waals surface area contributed by atoms with Gasteiger partial charge in [0.2, 0.25) is 0 Å². The van der Waals surface area contributed by atoms with E-state index in [0.717, 1.165) is 13.8 Å². The lowest BCUT2D eigenvalue weighted by molar-refractivity contribution is -0.148. The molecule has 6 N–H and O–H groups in total. The van der Waals surface area contributed by atoms with Crippen molar-refractivity contribution in [1.82, 2.24) is 5.48 Å². The van der Waals surface area contributed by atoms with Crippen molar-refractivity contribution >= 4 is 23.9 Å². The van der Waals surface area contributed by atoms with Crippen molar-refractivity contribution in [2.75, 3.05) is 0 Å². The summed E-state index contributed by atoms with van der Waals surface area (Å²) in [5, 5.41) is 39.1. The maximum absolute atomic E-state index is 9.98. The van der Waals surface area contributed by atoms with Crippen molar-refractivity contribution in [2.45, 2.75) is 26.3 Å². The first-order valence-corrected chi connectivity index (χ1v) is 4.27. The Morgan fingerprint density at radius 3 is 1.28 bits per heavy atom. The maximum atomic E-state index is 9.98. The summed E-state index contributed by atoms with van der Waals surface area (Å²) in [6.07, 6.45) is -0.647. The van der Waals surface area contributed by atoms with E-state index in [1.54, 1.807) is 0 Å². The van der Waals surface area contributed by atoms with Gasteiger partial charge in [0.15, 0.2) is 0 Å². The fraction of sp³-hybridized carbons (Fsp3) is 0.500. The molecule has 0 rings (SSSR count). The Hall–Kier alpha value is -2.20. The molecule has 0 aromatic rings. The molecule has 0 radical (unpaired) electrons. The SMILES string of the molecule is CC(=O)O.CC(=O)O.O=C(O)CC(NO)C(=O)O. The van der Waals surface area contributed by atoms with Crippen LogP contribution in [-0.2, 0) is 19.2 Å². The molecule has 0 aliphatic carbocycles. The fourth-order valence-electron chi connectivity index (χ4n) is 0.363. The molecule has 0 amide bonds. The highest BCUT2D eigenvalue weighted by Crippen LogP contribution is 1.89. The van der Waals surface area contributed by atoms with Crippen molar-refractivity contribution in [3.63, 3.8) is 0 Å². The maximum Gasteiger partial charge on any atom is 0.323 e. The van der Waals surface area contributed by atoms with Gasteiger partial charge < -0.3 is 25.6 Å². The predicted molar refractivity (Wildman–Crippen MR) is 55.2 cm³/mol. The largest absolute Gasteiger partial charge is 0.481 e. The van der Waals surface area contributed by atoms with Crippen molar-refractivity contribution in [1.29, 1.82) is 0 Å². The smallest absolute Gasteiger partial charge is 0.323 e. The van der Waals surface area contributed by atoms with Gasteiger partial charge in [0, 0.05) is 13.8 Å². The minimum Gasteiger partial charge on any atom is -0.481 e. The van der Waals surface area contributed by atoms with E-state index in [-0.39, 0.29) is 0 Å². The number of nitrogens with one attached hydrogen (secondary N) is 1. The standard InChI is InChI=1S/C4H7NO5.2C2H4O2/c6-3(7)1-2(5-10)4(8)9;2*1-2(3)4/h2,5,10H,1H2,(H,6,7)(H,8,9);2*1H3,(H,3,4). The summed E-state index contributed by atoms with van der Waals surface area (Å²) in [6, 6.07) is -1.43. The zero-order valence-electron chi connectivity index (χ0n) is 9.65. The number of aliphatic carboxylic acids is 4. The Kier molecular flexibility index (Phi) is 15.1. The molecule has 0 saturated heterocycles. The van der Waals surface area contributed by atoms with Gasteiger partial charge in [0.05, 0.1) is 6.42 Å². The molecule has 0 heterocycles. The lowest BCUT2D eigenvalue weighted by Crippen LogP contribution is -2.36. The van der Waals surface area contributed by atoms with Gasteiger partial charge >= 0.3 is 11.9 Å². The van der Waals surface area contributed by atoms with Crippen molar-refractivity contribution < 1.29 is 44.8 Å². The Balaban J connectivity index is -0.000000233. The first-order valence-electron chi connectivity index (χ1n) is 4.27. The third-order valence-corrected chi connectivity index (χ3v) is 0.833. The summed E-state index contributed by atoms with van der Waals surface area (Å²) in [6.45, 7) is 2.17. The van der Waals surface area contributed by atoms with Gasteiger partial charge in [-0.05, 0) is 0 Å². The van der Waals surface area contributed by atoms with Crippen LogP contribution in [0.4, 0.5) is 0 Å². The first kappa shape index (κ1) is 21.1. The molecular weight excluding hydrogens is 254 g/mol. The molecule has 10 heteroatoms. The van der Waals surface area contributed by atoms with Crippen LogP contribution in [0.3, 0.4) is 0 Å². The second-order valence-corrected chi connectivity index (χ2v) is 2.66. The summed E-state index contributed by atoms with van der Waals surface area (Å²) in [5.74, 6) is -4.35. The van der Waals surface area contributed by atoms with Gasteiger partial charge in [0.1, 0.15) is 6.04 Å². The second-order valence-electron chi connectivity index (χ2n) is 2.66. The Morgan fingerprint density at radius 2 is 1.22 bits per heavy atom. The molecule has 0 aromatic heterocycles. The van der Waals surface area contributed by atoms with Crippen molar-refractivity contribution in [3.05, 3.63) is 0 Å².